The van der Waals surface area contributed by atoms with Gasteiger partial charge in [-0.2, -0.15) is 12.7 Å². The second-order valence-electron chi connectivity index (χ2n) is 6.47. The molecule has 1 fully saturated rings. The second kappa shape index (κ2) is 5.66. The number of nitrogens with two attached hydrogens (primary N) is 1. The first-order chi connectivity index (χ1) is 11.5. The van der Waals surface area contributed by atoms with Crippen molar-refractivity contribution in [2.75, 3.05) is 13.1 Å². The highest BCUT2D eigenvalue weighted by atomic mass is 32.2. The molecule has 7 nitrogen and oxygen atoms in total. The minimum Gasteiger partial charge on any atom is -0.393 e. The highest BCUT2D eigenvalue weighted by Gasteiger charge is 2.39. The number of aromatic nitrogens is 2. The summed E-state index contributed by atoms with van der Waals surface area (Å²) in [7, 11) is -3.73. The minimum absolute atomic E-state index is 0.0332. The van der Waals surface area contributed by atoms with E-state index < -0.39 is 16.3 Å². The average molecular weight is 348 g/mol. The van der Waals surface area contributed by atoms with E-state index in [1.165, 1.54) is 4.31 Å². The van der Waals surface area contributed by atoms with E-state index in [0.717, 1.165) is 16.8 Å². The Morgan fingerprint density at radius 2 is 1.96 bits per heavy atom. The fourth-order valence-electron chi connectivity index (χ4n) is 4.02. The van der Waals surface area contributed by atoms with Crippen molar-refractivity contribution in [3.05, 3.63) is 42.4 Å². The van der Waals surface area contributed by atoms with Gasteiger partial charge in [-0.15, -0.1) is 0 Å². The standard InChI is InChI=1S/C16H20N4O3S/c17-24(22,23)19-7-5-13(15(21)6-8-19)16-12-4-2-1-3-11(12)14-9-18-10-20(14)16/h1-4,9-10,13,15-16,21H,5-8H2,(H2,17,22,23). The average Bonchev–Trinajstić information content (AvgIpc) is 3.05. The Morgan fingerprint density at radius 1 is 1.21 bits per heavy atom. The maximum Gasteiger partial charge on any atom is 0.276 e. The predicted octanol–water partition coefficient (Wildman–Crippen LogP) is 0.729. The number of fused-ring (bicyclic) bond motifs is 3. The molecule has 0 aliphatic carbocycles. The summed E-state index contributed by atoms with van der Waals surface area (Å²) >= 11 is 0. The molecule has 1 aromatic carbocycles. The first-order valence-electron chi connectivity index (χ1n) is 8.04. The number of nitrogens with zero attached hydrogens (tertiary/aromatic N) is 3. The molecule has 0 bridgehead atoms. The number of aliphatic hydroxyl groups is 1. The quantitative estimate of drug-likeness (QED) is 0.835. The van der Waals surface area contributed by atoms with Gasteiger partial charge < -0.3 is 9.67 Å². The van der Waals surface area contributed by atoms with E-state index in [-0.39, 0.29) is 18.5 Å². The van der Waals surface area contributed by atoms with E-state index in [4.69, 9.17) is 5.14 Å². The molecule has 3 heterocycles. The Labute approximate surface area is 140 Å². The van der Waals surface area contributed by atoms with Crippen LogP contribution in [-0.4, -0.2) is 46.6 Å². The molecule has 1 aromatic heterocycles. The molecule has 0 spiro atoms. The van der Waals surface area contributed by atoms with Gasteiger partial charge in [0.2, 0.25) is 0 Å². The molecule has 2 aromatic rings. The van der Waals surface area contributed by atoms with Gasteiger partial charge in [0.05, 0.1) is 30.4 Å². The van der Waals surface area contributed by atoms with Crippen molar-refractivity contribution in [2.45, 2.75) is 25.0 Å². The molecular weight excluding hydrogens is 328 g/mol. The van der Waals surface area contributed by atoms with Gasteiger partial charge in [-0.25, -0.2) is 10.1 Å². The fourth-order valence-corrected chi connectivity index (χ4v) is 4.74. The van der Waals surface area contributed by atoms with Crippen LogP contribution >= 0.6 is 0 Å². The number of imidazole rings is 1. The maximum absolute atomic E-state index is 11.6. The number of hydrogen-bond donors (Lipinski definition) is 2. The van der Waals surface area contributed by atoms with Gasteiger partial charge in [-0.05, 0) is 18.4 Å². The second-order valence-corrected chi connectivity index (χ2v) is 8.02. The van der Waals surface area contributed by atoms with E-state index in [0.29, 0.717) is 19.4 Å². The molecule has 128 valence electrons. The van der Waals surface area contributed by atoms with Gasteiger partial charge in [0.1, 0.15) is 0 Å². The number of hydrogen-bond acceptors (Lipinski definition) is 4. The maximum atomic E-state index is 11.6. The highest BCUT2D eigenvalue weighted by Crippen LogP contribution is 2.45. The molecule has 24 heavy (non-hydrogen) atoms. The van der Waals surface area contributed by atoms with Crippen LogP contribution in [0, 0.1) is 5.92 Å². The van der Waals surface area contributed by atoms with E-state index in [1.54, 1.807) is 6.33 Å². The summed E-state index contributed by atoms with van der Waals surface area (Å²) in [6, 6.07) is 8.08. The summed E-state index contributed by atoms with van der Waals surface area (Å²) in [5, 5.41) is 15.9. The Balaban J connectivity index is 1.71. The molecule has 0 saturated carbocycles. The third-order valence-corrected chi connectivity index (χ3v) is 6.25. The van der Waals surface area contributed by atoms with E-state index in [1.807, 2.05) is 18.3 Å². The molecule has 0 radical (unpaired) electrons. The molecule has 1 saturated heterocycles. The Kier molecular flexibility index (Phi) is 3.72. The van der Waals surface area contributed by atoms with Crippen LogP contribution in [0.1, 0.15) is 24.4 Å². The molecule has 3 N–H and O–H groups in total. The zero-order valence-electron chi connectivity index (χ0n) is 13.1. The Hall–Kier alpha value is -1.74. The largest absolute Gasteiger partial charge is 0.393 e. The summed E-state index contributed by atoms with van der Waals surface area (Å²) in [4.78, 5) is 4.25. The SMILES string of the molecule is NS(=O)(=O)N1CCC(O)C(C2c3ccccc3-c3cncn32)CC1. The van der Waals surface area contributed by atoms with Crippen molar-refractivity contribution >= 4 is 10.2 Å². The Bertz CT molecular complexity index is 864. The van der Waals surface area contributed by atoms with Crippen LogP contribution in [0.5, 0.6) is 0 Å². The van der Waals surface area contributed by atoms with Gasteiger partial charge in [0, 0.05) is 24.6 Å². The van der Waals surface area contributed by atoms with Crippen molar-refractivity contribution < 1.29 is 13.5 Å². The van der Waals surface area contributed by atoms with E-state index >= 15 is 0 Å². The minimum atomic E-state index is -3.73. The van der Waals surface area contributed by atoms with Crippen LogP contribution in [0.2, 0.25) is 0 Å². The summed E-state index contributed by atoms with van der Waals surface area (Å²) in [5.74, 6) is -0.0895. The van der Waals surface area contributed by atoms with Crippen LogP contribution in [-0.2, 0) is 10.2 Å². The summed E-state index contributed by atoms with van der Waals surface area (Å²) in [5.41, 5.74) is 3.32. The first-order valence-corrected chi connectivity index (χ1v) is 9.54. The van der Waals surface area contributed by atoms with E-state index in [9.17, 15) is 13.5 Å². The van der Waals surface area contributed by atoms with E-state index in [2.05, 4.69) is 21.7 Å². The highest BCUT2D eigenvalue weighted by molar-refractivity contribution is 7.86. The third kappa shape index (κ3) is 2.46. The number of aliphatic hydroxyl groups excluding tert-OH is 1. The molecule has 3 atom stereocenters. The van der Waals surface area contributed by atoms with Crippen LogP contribution in [0.25, 0.3) is 11.3 Å². The molecule has 2 aliphatic rings. The van der Waals surface area contributed by atoms with Crippen LogP contribution in [0.15, 0.2) is 36.8 Å². The lowest BCUT2D eigenvalue weighted by Crippen LogP contribution is -2.37. The van der Waals surface area contributed by atoms with Crippen molar-refractivity contribution in [1.82, 2.24) is 13.9 Å². The zero-order valence-corrected chi connectivity index (χ0v) is 13.9. The van der Waals surface area contributed by atoms with Crippen molar-refractivity contribution in [3.63, 3.8) is 0 Å². The summed E-state index contributed by atoms with van der Waals surface area (Å²) in [6.45, 7) is 0.574. The van der Waals surface area contributed by atoms with Crippen molar-refractivity contribution in [2.24, 2.45) is 11.1 Å². The van der Waals surface area contributed by atoms with Gasteiger partial charge in [-0.3, -0.25) is 0 Å². The van der Waals surface area contributed by atoms with Crippen LogP contribution in [0.3, 0.4) is 0 Å². The molecule has 2 aliphatic heterocycles. The van der Waals surface area contributed by atoms with Gasteiger partial charge in [-0.1, -0.05) is 24.3 Å². The lowest BCUT2D eigenvalue weighted by Gasteiger charge is -2.28. The molecule has 4 rings (SSSR count). The van der Waals surface area contributed by atoms with Gasteiger partial charge >= 0.3 is 0 Å². The molecule has 3 unspecified atom stereocenters. The lowest BCUT2D eigenvalue weighted by molar-refractivity contribution is 0.0836. The smallest absolute Gasteiger partial charge is 0.276 e. The number of benzene rings is 1. The molecule has 8 heteroatoms. The first kappa shape index (κ1) is 15.8. The topological polar surface area (TPSA) is 101 Å². The third-order valence-electron chi connectivity index (χ3n) is 5.17. The monoisotopic (exact) mass is 348 g/mol. The van der Waals surface area contributed by atoms with Gasteiger partial charge in [0.15, 0.2) is 0 Å². The van der Waals surface area contributed by atoms with Crippen molar-refractivity contribution in [3.8, 4) is 11.3 Å². The Morgan fingerprint density at radius 3 is 2.75 bits per heavy atom. The van der Waals surface area contributed by atoms with Gasteiger partial charge in [0.25, 0.3) is 10.2 Å². The number of rotatable bonds is 2. The fraction of sp³-hybridized carbons (Fsp3) is 0.438. The van der Waals surface area contributed by atoms with Crippen molar-refractivity contribution in [1.29, 1.82) is 0 Å². The summed E-state index contributed by atoms with van der Waals surface area (Å²) in [6.07, 6.45) is 3.95. The molecule has 0 amide bonds. The predicted molar refractivity (Wildman–Crippen MR) is 89.2 cm³/mol. The van der Waals surface area contributed by atoms with Crippen LogP contribution in [0.4, 0.5) is 0 Å². The molecular formula is C16H20N4O3S. The lowest BCUT2D eigenvalue weighted by atomic mass is 9.85. The summed E-state index contributed by atoms with van der Waals surface area (Å²) < 4.78 is 26.6. The zero-order chi connectivity index (χ0) is 16.9. The normalized spacial score (nSPS) is 27.5. The van der Waals surface area contributed by atoms with Crippen LogP contribution < -0.4 is 5.14 Å².